The zero-order valence-corrected chi connectivity index (χ0v) is 33.3. The van der Waals surface area contributed by atoms with Crippen LogP contribution in [0.15, 0.2) is 121 Å². The highest BCUT2D eigenvalue weighted by Gasteiger charge is 2.22. The van der Waals surface area contributed by atoms with Crippen LogP contribution < -0.4 is 9.47 Å². The van der Waals surface area contributed by atoms with Gasteiger partial charge in [-0.05, 0) is 122 Å². The largest absolute Gasteiger partial charge is 0.493 e. The molecule has 0 saturated carbocycles. The zero-order valence-electron chi connectivity index (χ0n) is 33.3. The maximum Gasteiger partial charge on any atom is 0.269 e. The molecule has 3 aromatic heterocycles. The van der Waals surface area contributed by atoms with Crippen LogP contribution in [-0.2, 0) is 0 Å². The SMILES string of the molecule is O=[N+]([O-])c1ccc(-c2c3nc(c4c5ccc([nH]5)c(-c5ccc([N+](=O)[O-])cc5)c5nc(c(c6ccc2[nH]6)-c2ccccc2OCCCCCCOc2ccccc2-4)C=C5)C=C3)cc1. The van der Waals surface area contributed by atoms with Crippen molar-refractivity contribution in [2.45, 2.75) is 25.7 Å². The van der Waals surface area contributed by atoms with Gasteiger partial charge in [0.1, 0.15) is 11.5 Å². The predicted molar refractivity (Wildman–Crippen MR) is 243 cm³/mol. The van der Waals surface area contributed by atoms with Gasteiger partial charge >= 0.3 is 0 Å². The molecule has 0 radical (unpaired) electrons. The van der Waals surface area contributed by atoms with Crippen molar-refractivity contribution in [3.63, 3.8) is 0 Å². The Morgan fingerprint density at radius 2 is 0.790 bits per heavy atom. The Hall–Kier alpha value is -8.12. The first kappa shape index (κ1) is 38.1. The molecule has 304 valence electrons. The Morgan fingerprint density at radius 1 is 0.435 bits per heavy atom. The second kappa shape index (κ2) is 16.1. The summed E-state index contributed by atoms with van der Waals surface area (Å²) in [6.45, 7) is 1.05. The van der Waals surface area contributed by atoms with Gasteiger partial charge in [-0.2, -0.15) is 0 Å². The summed E-state index contributed by atoms with van der Waals surface area (Å²) in [7, 11) is 0. The number of nitrogens with zero attached hydrogens (tertiary/aromatic N) is 4. The van der Waals surface area contributed by atoms with E-state index in [1.54, 1.807) is 24.3 Å². The average Bonchev–Trinajstić information content (AvgIpc) is 4.14. The highest BCUT2D eigenvalue weighted by molar-refractivity contribution is 6.00. The topological polar surface area (TPSA) is 162 Å². The Kier molecular flexibility index (Phi) is 9.93. The van der Waals surface area contributed by atoms with Gasteiger partial charge in [0, 0.05) is 79.7 Å². The molecule has 12 nitrogen and oxygen atoms in total. The van der Waals surface area contributed by atoms with Crippen molar-refractivity contribution < 1.29 is 19.3 Å². The van der Waals surface area contributed by atoms with E-state index in [1.807, 2.05) is 97.1 Å². The lowest BCUT2D eigenvalue weighted by Gasteiger charge is -2.13. The van der Waals surface area contributed by atoms with E-state index in [9.17, 15) is 20.2 Å². The average molecular weight is 819 g/mol. The molecule has 4 aliphatic heterocycles. The van der Waals surface area contributed by atoms with E-state index < -0.39 is 9.85 Å². The molecule has 0 unspecified atom stereocenters. The third kappa shape index (κ3) is 7.17. The van der Waals surface area contributed by atoms with Crippen LogP contribution in [0.3, 0.4) is 0 Å². The molecule has 12 heteroatoms. The number of ether oxygens (including phenoxy) is 2. The van der Waals surface area contributed by atoms with Crippen LogP contribution in [0, 0.1) is 20.2 Å². The molecular weight excluding hydrogens is 781 g/mol. The van der Waals surface area contributed by atoms with Crippen molar-refractivity contribution in [2.75, 3.05) is 13.2 Å². The number of nitrogens with one attached hydrogen (secondary N) is 2. The molecule has 0 fully saturated rings. The van der Waals surface area contributed by atoms with Crippen LogP contribution in [0.4, 0.5) is 11.4 Å². The van der Waals surface area contributed by atoms with E-state index in [-0.39, 0.29) is 11.4 Å². The van der Waals surface area contributed by atoms with Crippen molar-refractivity contribution in [1.29, 1.82) is 0 Å². The van der Waals surface area contributed by atoms with E-state index in [0.717, 1.165) is 92.3 Å². The lowest BCUT2D eigenvalue weighted by molar-refractivity contribution is -0.385. The van der Waals surface area contributed by atoms with Gasteiger partial charge in [0.15, 0.2) is 0 Å². The number of benzene rings is 4. The smallest absolute Gasteiger partial charge is 0.269 e. The van der Waals surface area contributed by atoms with E-state index in [1.165, 1.54) is 24.3 Å². The molecule has 0 saturated heterocycles. The Balaban J connectivity index is 1.38. The molecule has 4 aliphatic rings. The van der Waals surface area contributed by atoms with E-state index >= 15 is 0 Å². The number of rotatable bonds is 4. The Morgan fingerprint density at radius 3 is 1.18 bits per heavy atom. The number of hydrogen-bond acceptors (Lipinski definition) is 8. The van der Waals surface area contributed by atoms with Crippen molar-refractivity contribution in [2.24, 2.45) is 0 Å². The monoisotopic (exact) mass is 818 g/mol. The van der Waals surface area contributed by atoms with Crippen molar-refractivity contribution >= 4 is 57.7 Å². The number of H-pyrrole nitrogens is 2. The van der Waals surface area contributed by atoms with Gasteiger partial charge in [-0.15, -0.1) is 0 Å². The van der Waals surface area contributed by atoms with Crippen molar-refractivity contribution in [3.05, 3.63) is 164 Å². The van der Waals surface area contributed by atoms with Crippen LogP contribution in [0.5, 0.6) is 11.5 Å². The summed E-state index contributed by atoms with van der Waals surface area (Å²) in [6, 6.07) is 36.9. The van der Waals surface area contributed by atoms with Crippen molar-refractivity contribution in [3.8, 4) is 56.0 Å². The van der Waals surface area contributed by atoms with Gasteiger partial charge in [0.25, 0.3) is 11.4 Å². The predicted octanol–water partition coefficient (Wildman–Crippen LogP) is 12.5. The molecule has 62 heavy (non-hydrogen) atoms. The minimum atomic E-state index is -0.405. The summed E-state index contributed by atoms with van der Waals surface area (Å²) in [6.07, 6.45) is 11.6. The van der Waals surface area contributed by atoms with Crippen molar-refractivity contribution in [1.82, 2.24) is 19.9 Å². The standard InChI is InChI=1S/C50H38N6O6/c57-55(58)33-17-13-31(14-18-33)47-37-21-25-41(51-37)49-35-9-3-5-11-45(35)61-29-7-1-2-8-30-62-46-12-6-4-10-36(46)50(43-27-23-39(47)53-43)44-28-24-40(54-44)48(38-22-26-42(49)52-38)32-15-19-34(20-16-32)56(59)60/h3-6,9-28,51,54H,1-2,7-8,29-30H2. The molecule has 7 aromatic rings. The quantitative estimate of drug-likeness (QED) is 0.131. The number of nitro benzene ring substituents is 2. The number of aromatic nitrogens is 4. The molecule has 0 spiro atoms. The first-order valence-corrected chi connectivity index (χ1v) is 20.5. The van der Waals surface area contributed by atoms with Gasteiger partial charge in [0.2, 0.25) is 0 Å². The lowest BCUT2D eigenvalue weighted by Crippen LogP contribution is -2.01. The summed E-state index contributed by atoms with van der Waals surface area (Å²) in [5.41, 5.74) is 11.9. The number of aromatic amines is 2. The van der Waals surface area contributed by atoms with E-state index in [4.69, 9.17) is 19.4 Å². The first-order valence-electron chi connectivity index (χ1n) is 20.5. The third-order valence-corrected chi connectivity index (χ3v) is 11.4. The van der Waals surface area contributed by atoms with Crippen LogP contribution in [0.25, 0.3) is 90.9 Å². The molecule has 7 heterocycles. The molecule has 0 aliphatic carbocycles. The number of para-hydroxylation sites is 2. The van der Waals surface area contributed by atoms with Crippen LogP contribution >= 0.6 is 0 Å². The zero-order chi connectivity index (χ0) is 42.2. The molecule has 10 bridgehead atoms. The first-order chi connectivity index (χ1) is 30.4. The summed E-state index contributed by atoms with van der Waals surface area (Å²) < 4.78 is 13.1. The summed E-state index contributed by atoms with van der Waals surface area (Å²) in [4.78, 5) is 40.8. The summed E-state index contributed by atoms with van der Waals surface area (Å²) in [5, 5.41) is 23.5. The Labute approximate surface area is 355 Å². The van der Waals surface area contributed by atoms with Crippen LogP contribution in [0.1, 0.15) is 48.5 Å². The fraction of sp³-hybridized carbons (Fsp3) is 0.120. The van der Waals surface area contributed by atoms with Gasteiger partial charge < -0.3 is 19.4 Å². The second-order valence-corrected chi connectivity index (χ2v) is 15.2. The Bertz CT molecular complexity index is 2930. The minimum absolute atomic E-state index is 0.0140. The molecule has 4 aromatic carbocycles. The molecular formula is C50H38N6O6. The molecule has 0 atom stereocenters. The number of non-ortho nitro benzene ring substituents is 2. The molecule has 11 rings (SSSR count). The van der Waals surface area contributed by atoms with Crippen LogP contribution in [-0.4, -0.2) is 43.0 Å². The molecule has 2 N–H and O–H groups in total. The fourth-order valence-corrected chi connectivity index (χ4v) is 8.40. The fourth-order valence-electron chi connectivity index (χ4n) is 8.40. The maximum atomic E-state index is 11.7. The highest BCUT2D eigenvalue weighted by Crippen LogP contribution is 2.42. The summed E-state index contributed by atoms with van der Waals surface area (Å²) in [5.74, 6) is 1.42. The lowest BCUT2D eigenvalue weighted by atomic mass is 10.0. The van der Waals surface area contributed by atoms with Gasteiger partial charge in [0.05, 0.1) is 45.8 Å². The van der Waals surface area contributed by atoms with Gasteiger partial charge in [-0.1, -0.05) is 36.4 Å². The summed E-state index contributed by atoms with van der Waals surface area (Å²) >= 11 is 0. The minimum Gasteiger partial charge on any atom is -0.493 e. The van der Waals surface area contributed by atoms with Gasteiger partial charge in [-0.3, -0.25) is 20.2 Å². The molecule has 0 amide bonds. The second-order valence-electron chi connectivity index (χ2n) is 15.2. The van der Waals surface area contributed by atoms with E-state index in [2.05, 4.69) is 9.97 Å². The van der Waals surface area contributed by atoms with Gasteiger partial charge in [-0.25, -0.2) is 9.97 Å². The van der Waals surface area contributed by atoms with E-state index in [0.29, 0.717) is 47.5 Å². The maximum absolute atomic E-state index is 11.7. The third-order valence-electron chi connectivity index (χ3n) is 11.4. The number of fused-ring (bicyclic) bond motifs is 7. The van der Waals surface area contributed by atoms with Crippen LogP contribution in [0.2, 0.25) is 0 Å². The highest BCUT2D eigenvalue weighted by atomic mass is 16.6. The normalized spacial score (nSPS) is 13.5. The number of nitro groups is 2. The number of hydrogen-bond donors (Lipinski definition) is 2.